The van der Waals surface area contributed by atoms with E-state index in [1.165, 1.54) is 27.9 Å². The van der Waals surface area contributed by atoms with Gasteiger partial charge in [0.15, 0.2) is 0 Å². The Bertz CT molecular complexity index is 705. The molecule has 0 aliphatic carbocycles. The average Bonchev–Trinajstić information content (AvgIpc) is 2.40. The van der Waals surface area contributed by atoms with Gasteiger partial charge < -0.3 is 4.90 Å². The quantitative estimate of drug-likeness (QED) is 0.666. The summed E-state index contributed by atoms with van der Waals surface area (Å²) in [5.74, 6) is 0. The molecule has 0 N–H and O–H groups in total. The third kappa shape index (κ3) is 3.35. The minimum atomic E-state index is 0.933. The molecule has 0 heterocycles. The van der Waals surface area contributed by atoms with Crippen LogP contribution in [0.15, 0.2) is 34.5 Å². The molecule has 0 radical (unpaired) electrons. The molecule has 0 fully saturated rings. The van der Waals surface area contributed by atoms with Gasteiger partial charge in [-0.25, -0.2) is 0 Å². The van der Waals surface area contributed by atoms with Gasteiger partial charge in [0.2, 0.25) is 0 Å². The molecule has 3 heteroatoms. The SMILES string of the molecule is Cc1cc(C)c(N=Nc2cc(C)c(N(C)C)cc2C)c(C)c1. The Hall–Kier alpha value is -2.16. The van der Waals surface area contributed by atoms with Crippen LogP contribution in [0.5, 0.6) is 0 Å². The lowest BCUT2D eigenvalue weighted by molar-refractivity contribution is 1.10. The highest BCUT2D eigenvalue weighted by atomic mass is 15.1. The lowest BCUT2D eigenvalue weighted by Gasteiger charge is -2.17. The van der Waals surface area contributed by atoms with Crippen LogP contribution in [-0.4, -0.2) is 14.1 Å². The molecule has 22 heavy (non-hydrogen) atoms. The first-order valence-electron chi connectivity index (χ1n) is 7.57. The van der Waals surface area contributed by atoms with Crippen LogP contribution in [0.2, 0.25) is 0 Å². The molecule has 0 spiro atoms. The zero-order valence-electron chi connectivity index (χ0n) is 14.7. The van der Waals surface area contributed by atoms with Crippen molar-refractivity contribution in [3.8, 4) is 0 Å². The van der Waals surface area contributed by atoms with E-state index in [4.69, 9.17) is 0 Å². The van der Waals surface area contributed by atoms with E-state index < -0.39 is 0 Å². The van der Waals surface area contributed by atoms with E-state index in [2.05, 4.69) is 88.1 Å². The second-order valence-corrected chi connectivity index (χ2v) is 6.27. The summed E-state index contributed by atoms with van der Waals surface area (Å²) in [6, 6.07) is 8.56. The fourth-order valence-electron chi connectivity index (χ4n) is 2.81. The fourth-order valence-corrected chi connectivity index (χ4v) is 2.81. The van der Waals surface area contributed by atoms with Crippen molar-refractivity contribution in [3.63, 3.8) is 0 Å². The van der Waals surface area contributed by atoms with Gasteiger partial charge >= 0.3 is 0 Å². The Balaban J connectivity index is 2.41. The summed E-state index contributed by atoms with van der Waals surface area (Å²) < 4.78 is 0. The number of hydrogen-bond donors (Lipinski definition) is 0. The Morgan fingerprint density at radius 1 is 0.682 bits per heavy atom. The van der Waals surface area contributed by atoms with Crippen LogP contribution in [0.25, 0.3) is 0 Å². The average molecular weight is 295 g/mol. The Labute approximate surface area is 133 Å². The molecule has 116 valence electrons. The molecule has 0 bridgehead atoms. The van der Waals surface area contributed by atoms with Gasteiger partial charge in [-0.2, -0.15) is 5.11 Å². The summed E-state index contributed by atoms with van der Waals surface area (Å²) in [5.41, 5.74) is 9.07. The summed E-state index contributed by atoms with van der Waals surface area (Å²) in [5, 5.41) is 9.00. The Morgan fingerprint density at radius 2 is 1.27 bits per heavy atom. The molecular formula is C19H25N3. The molecule has 0 unspecified atom stereocenters. The number of nitrogens with zero attached hydrogens (tertiary/aromatic N) is 3. The van der Waals surface area contributed by atoms with Gasteiger partial charge in [0.25, 0.3) is 0 Å². The van der Waals surface area contributed by atoms with Gasteiger partial charge in [-0.1, -0.05) is 17.7 Å². The minimum absolute atomic E-state index is 0.933. The van der Waals surface area contributed by atoms with E-state index in [0.29, 0.717) is 0 Å². The molecule has 0 aromatic heterocycles. The number of aryl methyl sites for hydroxylation is 5. The largest absolute Gasteiger partial charge is 0.377 e. The highest BCUT2D eigenvalue weighted by molar-refractivity contribution is 5.62. The molecule has 3 nitrogen and oxygen atoms in total. The van der Waals surface area contributed by atoms with Crippen molar-refractivity contribution >= 4 is 17.1 Å². The summed E-state index contributed by atoms with van der Waals surface area (Å²) in [6.45, 7) is 10.5. The van der Waals surface area contributed by atoms with E-state index in [0.717, 1.165) is 16.9 Å². The van der Waals surface area contributed by atoms with E-state index in [-0.39, 0.29) is 0 Å². The second-order valence-electron chi connectivity index (χ2n) is 6.27. The Morgan fingerprint density at radius 3 is 1.82 bits per heavy atom. The molecule has 0 aliphatic rings. The normalized spacial score (nSPS) is 11.2. The zero-order valence-corrected chi connectivity index (χ0v) is 14.7. The molecular weight excluding hydrogens is 270 g/mol. The minimum Gasteiger partial charge on any atom is -0.377 e. The topological polar surface area (TPSA) is 28.0 Å². The fraction of sp³-hybridized carbons (Fsp3) is 0.368. The highest BCUT2D eigenvalue weighted by Crippen LogP contribution is 2.31. The predicted molar refractivity (Wildman–Crippen MR) is 95.1 cm³/mol. The first kappa shape index (κ1) is 16.2. The third-order valence-corrected chi connectivity index (χ3v) is 3.89. The van der Waals surface area contributed by atoms with Gasteiger partial charge in [0, 0.05) is 19.8 Å². The molecule has 2 aromatic carbocycles. The molecule has 0 amide bonds. The summed E-state index contributed by atoms with van der Waals surface area (Å²) >= 11 is 0. The van der Waals surface area contributed by atoms with Crippen molar-refractivity contribution < 1.29 is 0 Å². The van der Waals surface area contributed by atoms with Crippen LogP contribution in [0.4, 0.5) is 17.1 Å². The third-order valence-electron chi connectivity index (χ3n) is 3.89. The molecule has 0 saturated heterocycles. The lowest BCUT2D eigenvalue weighted by atomic mass is 10.1. The zero-order chi connectivity index (χ0) is 16.4. The van der Waals surface area contributed by atoms with Gasteiger partial charge in [-0.05, 0) is 69.0 Å². The number of rotatable bonds is 3. The number of benzene rings is 2. The standard InChI is InChI=1S/C19H25N3/c1-12-8-15(4)19(16(5)9-12)21-20-17-10-14(3)18(22(6)7)11-13(17)2/h8-11H,1-7H3. The van der Waals surface area contributed by atoms with Crippen LogP contribution >= 0.6 is 0 Å². The van der Waals surface area contributed by atoms with Crippen molar-refractivity contribution in [3.05, 3.63) is 52.1 Å². The van der Waals surface area contributed by atoms with Crippen LogP contribution < -0.4 is 4.90 Å². The van der Waals surface area contributed by atoms with E-state index >= 15 is 0 Å². The van der Waals surface area contributed by atoms with Gasteiger partial charge in [0.1, 0.15) is 0 Å². The smallest absolute Gasteiger partial charge is 0.0915 e. The molecule has 2 aromatic rings. The van der Waals surface area contributed by atoms with Crippen LogP contribution in [0.3, 0.4) is 0 Å². The van der Waals surface area contributed by atoms with E-state index in [1.807, 2.05) is 0 Å². The first-order chi connectivity index (χ1) is 10.3. The number of hydrogen-bond acceptors (Lipinski definition) is 3. The maximum absolute atomic E-state index is 4.50. The maximum Gasteiger partial charge on any atom is 0.0915 e. The monoisotopic (exact) mass is 295 g/mol. The molecule has 2 rings (SSSR count). The van der Waals surface area contributed by atoms with Gasteiger partial charge in [0.05, 0.1) is 11.4 Å². The van der Waals surface area contributed by atoms with Crippen molar-refractivity contribution in [1.29, 1.82) is 0 Å². The highest BCUT2D eigenvalue weighted by Gasteiger charge is 2.07. The summed E-state index contributed by atoms with van der Waals surface area (Å²) in [4.78, 5) is 2.12. The second kappa shape index (κ2) is 6.30. The number of azo groups is 1. The predicted octanol–water partition coefficient (Wildman–Crippen LogP) is 5.71. The van der Waals surface area contributed by atoms with Gasteiger partial charge in [-0.3, -0.25) is 0 Å². The summed E-state index contributed by atoms with van der Waals surface area (Å²) in [6.07, 6.45) is 0. The lowest BCUT2D eigenvalue weighted by Crippen LogP contribution is -2.10. The molecule has 0 saturated carbocycles. The first-order valence-corrected chi connectivity index (χ1v) is 7.57. The van der Waals surface area contributed by atoms with E-state index in [1.54, 1.807) is 0 Å². The van der Waals surface area contributed by atoms with Crippen molar-refractivity contribution in [2.75, 3.05) is 19.0 Å². The molecule has 0 atom stereocenters. The molecule has 0 aliphatic heterocycles. The van der Waals surface area contributed by atoms with Crippen molar-refractivity contribution in [2.24, 2.45) is 10.2 Å². The van der Waals surface area contributed by atoms with Crippen molar-refractivity contribution in [2.45, 2.75) is 34.6 Å². The van der Waals surface area contributed by atoms with Crippen LogP contribution in [0.1, 0.15) is 27.8 Å². The van der Waals surface area contributed by atoms with Crippen LogP contribution in [0, 0.1) is 34.6 Å². The summed E-state index contributed by atoms with van der Waals surface area (Å²) in [7, 11) is 4.12. The maximum atomic E-state index is 4.50. The van der Waals surface area contributed by atoms with Gasteiger partial charge in [-0.15, -0.1) is 5.11 Å². The van der Waals surface area contributed by atoms with Crippen LogP contribution in [-0.2, 0) is 0 Å². The Kier molecular flexibility index (Phi) is 4.65. The van der Waals surface area contributed by atoms with Crippen molar-refractivity contribution in [1.82, 2.24) is 0 Å². The number of anilines is 1. The van der Waals surface area contributed by atoms with E-state index in [9.17, 15) is 0 Å².